The van der Waals surface area contributed by atoms with Crippen LogP contribution < -0.4 is 5.32 Å². The van der Waals surface area contributed by atoms with Crippen LogP contribution in [0.3, 0.4) is 0 Å². The summed E-state index contributed by atoms with van der Waals surface area (Å²) in [6.45, 7) is 3.37. The zero-order valence-electron chi connectivity index (χ0n) is 10.4. The summed E-state index contributed by atoms with van der Waals surface area (Å²) in [6.07, 6.45) is 1.03. The van der Waals surface area contributed by atoms with E-state index >= 15 is 0 Å². The summed E-state index contributed by atoms with van der Waals surface area (Å²) in [5.74, 6) is -1.48. The molecule has 5 heteroatoms. The molecule has 0 aromatic heterocycles. The molecular formula is C13H16ClNO3. The van der Waals surface area contributed by atoms with Crippen molar-refractivity contribution >= 4 is 23.5 Å². The van der Waals surface area contributed by atoms with Gasteiger partial charge in [0.1, 0.15) is 5.54 Å². The van der Waals surface area contributed by atoms with Crippen LogP contribution in [-0.2, 0) is 4.79 Å². The molecule has 0 saturated heterocycles. The third-order valence-electron chi connectivity index (χ3n) is 2.70. The van der Waals surface area contributed by atoms with Gasteiger partial charge in [-0.1, -0.05) is 31.0 Å². The maximum atomic E-state index is 12.0. The molecule has 1 amide bonds. The van der Waals surface area contributed by atoms with Crippen molar-refractivity contribution in [3.05, 3.63) is 34.9 Å². The van der Waals surface area contributed by atoms with E-state index in [1.54, 1.807) is 18.2 Å². The topological polar surface area (TPSA) is 66.4 Å². The molecule has 0 aliphatic rings. The first-order valence-corrected chi connectivity index (χ1v) is 6.08. The highest BCUT2D eigenvalue weighted by atomic mass is 35.5. The molecule has 4 nitrogen and oxygen atoms in total. The number of carboxylic acids is 1. The van der Waals surface area contributed by atoms with E-state index < -0.39 is 17.4 Å². The Kier molecular flexibility index (Phi) is 4.73. The normalized spacial score (nSPS) is 13.7. The number of nitrogens with one attached hydrogen (secondary N) is 1. The molecule has 0 fully saturated rings. The molecule has 18 heavy (non-hydrogen) atoms. The Hall–Kier alpha value is -1.55. The minimum Gasteiger partial charge on any atom is -0.480 e. The van der Waals surface area contributed by atoms with Gasteiger partial charge in [-0.3, -0.25) is 4.79 Å². The van der Waals surface area contributed by atoms with Crippen molar-refractivity contribution in [2.45, 2.75) is 32.2 Å². The van der Waals surface area contributed by atoms with Crippen molar-refractivity contribution in [1.29, 1.82) is 0 Å². The molecule has 0 bridgehead atoms. The number of hydrogen-bond donors (Lipinski definition) is 2. The molecular weight excluding hydrogens is 254 g/mol. The lowest BCUT2D eigenvalue weighted by atomic mass is 9.96. The van der Waals surface area contributed by atoms with Gasteiger partial charge in [0.25, 0.3) is 5.91 Å². The molecule has 1 unspecified atom stereocenters. The number of amides is 1. The van der Waals surface area contributed by atoms with Crippen molar-refractivity contribution in [3.63, 3.8) is 0 Å². The van der Waals surface area contributed by atoms with Crippen LogP contribution in [0.25, 0.3) is 0 Å². The van der Waals surface area contributed by atoms with Gasteiger partial charge in [0.15, 0.2) is 0 Å². The van der Waals surface area contributed by atoms with E-state index in [9.17, 15) is 14.7 Å². The largest absolute Gasteiger partial charge is 0.480 e. The number of rotatable bonds is 5. The summed E-state index contributed by atoms with van der Waals surface area (Å²) in [7, 11) is 0. The van der Waals surface area contributed by atoms with E-state index in [1.165, 1.54) is 13.0 Å². The Bertz CT molecular complexity index is 461. The van der Waals surface area contributed by atoms with Gasteiger partial charge >= 0.3 is 5.97 Å². The summed E-state index contributed by atoms with van der Waals surface area (Å²) in [5, 5.41) is 12.2. The smallest absolute Gasteiger partial charge is 0.329 e. The number of hydrogen-bond acceptors (Lipinski definition) is 2. The lowest BCUT2D eigenvalue weighted by molar-refractivity contribution is -0.144. The lowest BCUT2D eigenvalue weighted by Crippen LogP contribution is -2.52. The van der Waals surface area contributed by atoms with E-state index in [2.05, 4.69) is 5.32 Å². The Morgan fingerprint density at radius 1 is 1.44 bits per heavy atom. The molecule has 1 aromatic rings. The van der Waals surface area contributed by atoms with Crippen molar-refractivity contribution in [2.24, 2.45) is 0 Å². The second kappa shape index (κ2) is 5.87. The van der Waals surface area contributed by atoms with Crippen LogP contribution in [0, 0.1) is 0 Å². The average Bonchev–Trinajstić information content (AvgIpc) is 2.29. The first kappa shape index (κ1) is 14.5. The molecule has 0 radical (unpaired) electrons. The average molecular weight is 270 g/mol. The Morgan fingerprint density at radius 2 is 2.11 bits per heavy atom. The monoisotopic (exact) mass is 269 g/mol. The fourth-order valence-corrected chi connectivity index (χ4v) is 1.87. The standard InChI is InChI=1S/C13H16ClNO3/c1-3-7-13(2,12(17)18)15-11(16)9-5-4-6-10(14)8-9/h4-6,8H,3,7H2,1-2H3,(H,15,16)(H,17,18). The number of carbonyl (C=O) groups is 2. The highest BCUT2D eigenvalue weighted by Gasteiger charge is 2.33. The third kappa shape index (κ3) is 3.47. The van der Waals surface area contributed by atoms with Gasteiger partial charge < -0.3 is 10.4 Å². The summed E-state index contributed by atoms with van der Waals surface area (Å²) >= 11 is 5.79. The van der Waals surface area contributed by atoms with E-state index in [0.717, 1.165) is 0 Å². The number of aliphatic carboxylic acids is 1. The first-order chi connectivity index (χ1) is 8.39. The van der Waals surface area contributed by atoms with Gasteiger partial charge in [0, 0.05) is 10.6 Å². The number of benzene rings is 1. The molecule has 1 aromatic carbocycles. The fraction of sp³-hybridized carbons (Fsp3) is 0.385. The first-order valence-electron chi connectivity index (χ1n) is 5.70. The van der Waals surface area contributed by atoms with E-state index in [4.69, 9.17) is 11.6 Å². The zero-order chi connectivity index (χ0) is 13.8. The highest BCUT2D eigenvalue weighted by Crippen LogP contribution is 2.15. The maximum Gasteiger partial charge on any atom is 0.329 e. The fourth-order valence-electron chi connectivity index (χ4n) is 1.68. The Morgan fingerprint density at radius 3 is 2.61 bits per heavy atom. The van der Waals surface area contributed by atoms with Crippen molar-refractivity contribution in [3.8, 4) is 0 Å². The van der Waals surface area contributed by atoms with Gasteiger partial charge in [-0.05, 0) is 31.5 Å². The van der Waals surface area contributed by atoms with E-state index in [0.29, 0.717) is 23.4 Å². The maximum absolute atomic E-state index is 12.0. The Balaban J connectivity index is 2.88. The molecule has 0 aliphatic carbocycles. The van der Waals surface area contributed by atoms with Crippen molar-refractivity contribution in [1.82, 2.24) is 5.32 Å². The van der Waals surface area contributed by atoms with Crippen LogP contribution in [-0.4, -0.2) is 22.5 Å². The summed E-state index contributed by atoms with van der Waals surface area (Å²) < 4.78 is 0. The molecule has 0 spiro atoms. The van der Waals surface area contributed by atoms with Crippen LogP contribution >= 0.6 is 11.6 Å². The number of carbonyl (C=O) groups excluding carboxylic acids is 1. The molecule has 98 valence electrons. The summed E-state index contributed by atoms with van der Waals surface area (Å²) in [6, 6.07) is 6.40. The number of carboxylic acid groups (broad SMARTS) is 1. The van der Waals surface area contributed by atoms with Crippen LogP contribution in [0.4, 0.5) is 0 Å². The summed E-state index contributed by atoms with van der Waals surface area (Å²) in [5.41, 5.74) is -0.903. The van der Waals surface area contributed by atoms with Gasteiger partial charge in [-0.25, -0.2) is 4.79 Å². The quantitative estimate of drug-likeness (QED) is 0.864. The van der Waals surface area contributed by atoms with Gasteiger partial charge in [0.05, 0.1) is 0 Å². The van der Waals surface area contributed by atoms with Crippen molar-refractivity contribution < 1.29 is 14.7 Å². The minimum absolute atomic E-state index is 0.353. The third-order valence-corrected chi connectivity index (χ3v) is 2.93. The van der Waals surface area contributed by atoms with E-state index in [-0.39, 0.29) is 0 Å². The SMILES string of the molecule is CCCC(C)(NC(=O)c1cccc(Cl)c1)C(=O)O. The van der Waals surface area contributed by atoms with Crippen LogP contribution in [0.5, 0.6) is 0 Å². The van der Waals surface area contributed by atoms with Gasteiger partial charge in [-0.2, -0.15) is 0 Å². The van der Waals surface area contributed by atoms with E-state index in [1.807, 2.05) is 6.92 Å². The predicted octanol–water partition coefficient (Wildman–Crippen LogP) is 2.71. The molecule has 0 saturated carbocycles. The molecule has 2 N–H and O–H groups in total. The minimum atomic E-state index is -1.26. The predicted molar refractivity (Wildman–Crippen MR) is 69.9 cm³/mol. The van der Waals surface area contributed by atoms with Crippen molar-refractivity contribution in [2.75, 3.05) is 0 Å². The molecule has 1 rings (SSSR count). The van der Waals surface area contributed by atoms with Crippen LogP contribution in [0.2, 0.25) is 5.02 Å². The summed E-state index contributed by atoms with van der Waals surface area (Å²) in [4.78, 5) is 23.2. The zero-order valence-corrected chi connectivity index (χ0v) is 11.1. The molecule has 0 heterocycles. The Labute approximate surface area is 111 Å². The van der Waals surface area contributed by atoms with Gasteiger partial charge in [-0.15, -0.1) is 0 Å². The second-order valence-electron chi connectivity index (χ2n) is 4.35. The lowest BCUT2D eigenvalue weighted by Gasteiger charge is -2.25. The van der Waals surface area contributed by atoms with Crippen LogP contribution in [0.1, 0.15) is 37.0 Å². The molecule has 1 atom stereocenters. The van der Waals surface area contributed by atoms with Crippen LogP contribution in [0.15, 0.2) is 24.3 Å². The number of halogens is 1. The highest BCUT2D eigenvalue weighted by molar-refractivity contribution is 6.31. The second-order valence-corrected chi connectivity index (χ2v) is 4.79. The molecule has 0 aliphatic heterocycles. The van der Waals surface area contributed by atoms with Gasteiger partial charge in [0.2, 0.25) is 0 Å².